The normalized spacial score (nSPS) is 16.5. The summed E-state index contributed by atoms with van der Waals surface area (Å²) in [5.74, 6) is 1.51. The number of hydrogen-bond donors (Lipinski definition) is 1. The van der Waals surface area contributed by atoms with Gasteiger partial charge in [-0.1, -0.05) is 0 Å². The quantitative estimate of drug-likeness (QED) is 0.904. The van der Waals surface area contributed by atoms with E-state index in [0.29, 0.717) is 5.92 Å². The number of halogens is 2. The fourth-order valence-electron chi connectivity index (χ4n) is 1.53. The molecule has 0 saturated carbocycles. The van der Waals surface area contributed by atoms with Gasteiger partial charge >= 0.3 is 0 Å². The molecule has 0 aromatic heterocycles. The first-order valence-electron chi connectivity index (χ1n) is 4.46. The minimum Gasteiger partial charge on any atom is -0.494 e. The second kappa shape index (κ2) is 4.21. The Morgan fingerprint density at radius 3 is 2.21 bits per heavy atom. The molecule has 1 N–H and O–H groups in total. The first-order valence-corrected chi connectivity index (χ1v) is 6.04. The maximum atomic E-state index is 5.25. The van der Waals surface area contributed by atoms with Gasteiger partial charge in [0.2, 0.25) is 0 Å². The predicted molar refractivity (Wildman–Crippen MR) is 64.0 cm³/mol. The first-order chi connectivity index (χ1) is 6.72. The van der Waals surface area contributed by atoms with Crippen molar-refractivity contribution in [3.05, 3.63) is 26.6 Å². The summed E-state index contributed by atoms with van der Waals surface area (Å²) < 4.78 is 7.27. The minimum atomic E-state index is 0.647. The zero-order valence-corrected chi connectivity index (χ0v) is 11.0. The standard InChI is InChI=1S/C10H11Br2NO/c1-14-10-8(11)2-6(3-9(10)12)7-4-13-5-7/h2-3,7,13H,4-5H2,1H3. The lowest BCUT2D eigenvalue weighted by Gasteiger charge is -2.28. The van der Waals surface area contributed by atoms with Gasteiger partial charge in [0.15, 0.2) is 0 Å². The Morgan fingerprint density at radius 1 is 1.29 bits per heavy atom. The smallest absolute Gasteiger partial charge is 0.147 e. The van der Waals surface area contributed by atoms with Crippen molar-refractivity contribution in [2.45, 2.75) is 5.92 Å². The van der Waals surface area contributed by atoms with Crippen LogP contribution in [0.15, 0.2) is 21.1 Å². The van der Waals surface area contributed by atoms with Crippen LogP contribution < -0.4 is 10.1 Å². The van der Waals surface area contributed by atoms with Crippen LogP contribution in [0.5, 0.6) is 5.75 Å². The van der Waals surface area contributed by atoms with Gasteiger partial charge in [0.25, 0.3) is 0 Å². The molecule has 0 bridgehead atoms. The molecule has 1 heterocycles. The summed E-state index contributed by atoms with van der Waals surface area (Å²) in [5, 5.41) is 3.27. The van der Waals surface area contributed by atoms with Gasteiger partial charge in [0, 0.05) is 19.0 Å². The average Bonchev–Trinajstić information content (AvgIpc) is 2.00. The molecular weight excluding hydrogens is 310 g/mol. The van der Waals surface area contributed by atoms with Crippen molar-refractivity contribution >= 4 is 31.9 Å². The van der Waals surface area contributed by atoms with E-state index in [4.69, 9.17) is 4.74 Å². The Kier molecular flexibility index (Phi) is 3.14. The Hall–Kier alpha value is -0.0600. The molecule has 4 heteroatoms. The lowest BCUT2D eigenvalue weighted by atomic mass is 9.94. The van der Waals surface area contributed by atoms with E-state index in [1.54, 1.807) is 7.11 Å². The molecule has 1 aliphatic heterocycles. The molecule has 1 fully saturated rings. The molecule has 2 nitrogen and oxygen atoms in total. The Balaban J connectivity index is 2.35. The second-order valence-corrected chi connectivity index (χ2v) is 5.08. The molecule has 1 saturated heterocycles. The summed E-state index contributed by atoms with van der Waals surface area (Å²) in [6.07, 6.45) is 0. The fraction of sp³-hybridized carbons (Fsp3) is 0.400. The molecular formula is C10H11Br2NO. The highest BCUT2D eigenvalue weighted by molar-refractivity contribution is 9.11. The van der Waals surface area contributed by atoms with Crippen LogP contribution in [-0.4, -0.2) is 20.2 Å². The molecule has 2 rings (SSSR count). The summed E-state index contributed by atoms with van der Waals surface area (Å²) in [5.41, 5.74) is 1.35. The summed E-state index contributed by atoms with van der Waals surface area (Å²) in [6.45, 7) is 2.15. The predicted octanol–water partition coefficient (Wildman–Crippen LogP) is 2.91. The van der Waals surface area contributed by atoms with Gasteiger partial charge in [-0.25, -0.2) is 0 Å². The zero-order valence-electron chi connectivity index (χ0n) is 7.81. The van der Waals surface area contributed by atoms with Gasteiger partial charge in [-0.3, -0.25) is 0 Å². The number of nitrogens with one attached hydrogen (secondary N) is 1. The molecule has 1 aromatic rings. The third-order valence-corrected chi connectivity index (χ3v) is 3.66. The number of hydrogen-bond acceptors (Lipinski definition) is 2. The summed E-state index contributed by atoms with van der Waals surface area (Å²) >= 11 is 7.01. The summed E-state index contributed by atoms with van der Waals surface area (Å²) in [4.78, 5) is 0. The molecule has 0 amide bonds. The van der Waals surface area contributed by atoms with Gasteiger partial charge in [-0.2, -0.15) is 0 Å². The van der Waals surface area contributed by atoms with Crippen molar-refractivity contribution in [2.75, 3.05) is 20.2 Å². The fourth-order valence-corrected chi connectivity index (χ4v) is 3.08. The summed E-state index contributed by atoms with van der Waals surface area (Å²) in [6, 6.07) is 4.27. The second-order valence-electron chi connectivity index (χ2n) is 3.37. The summed E-state index contributed by atoms with van der Waals surface area (Å²) in [7, 11) is 1.68. The maximum absolute atomic E-state index is 5.25. The highest BCUT2D eigenvalue weighted by atomic mass is 79.9. The molecule has 14 heavy (non-hydrogen) atoms. The van der Waals surface area contributed by atoms with Crippen LogP contribution in [0.4, 0.5) is 0 Å². The van der Waals surface area contributed by atoms with Crippen LogP contribution in [0.3, 0.4) is 0 Å². The molecule has 0 atom stereocenters. The van der Waals surface area contributed by atoms with E-state index in [9.17, 15) is 0 Å². The minimum absolute atomic E-state index is 0.647. The first kappa shape index (κ1) is 10.5. The monoisotopic (exact) mass is 319 g/mol. The van der Waals surface area contributed by atoms with E-state index < -0.39 is 0 Å². The van der Waals surface area contributed by atoms with Crippen LogP contribution in [0, 0.1) is 0 Å². The van der Waals surface area contributed by atoms with Gasteiger partial charge in [0.05, 0.1) is 16.1 Å². The zero-order chi connectivity index (χ0) is 10.1. The SMILES string of the molecule is COc1c(Br)cc(C2CNC2)cc1Br. The van der Waals surface area contributed by atoms with Crippen LogP contribution in [0.2, 0.25) is 0 Å². The van der Waals surface area contributed by atoms with Gasteiger partial charge in [-0.05, 0) is 49.6 Å². The number of methoxy groups -OCH3 is 1. The third kappa shape index (κ3) is 1.83. The third-order valence-electron chi connectivity index (χ3n) is 2.48. The number of rotatable bonds is 2. The van der Waals surface area contributed by atoms with Crippen LogP contribution in [-0.2, 0) is 0 Å². The van der Waals surface area contributed by atoms with Gasteiger partial charge in [-0.15, -0.1) is 0 Å². The van der Waals surface area contributed by atoms with Gasteiger partial charge in [0.1, 0.15) is 5.75 Å². The highest BCUT2D eigenvalue weighted by Crippen LogP contribution is 2.37. The van der Waals surface area contributed by atoms with Crippen LogP contribution in [0.1, 0.15) is 11.5 Å². The van der Waals surface area contributed by atoms with E-state index >= 15 is 0 Å². The molecule has 1 aromatic carbocycles. The van der Waals surface area contributed by atoms with E-state index in [0.717, 1.165) is 27.8 Å². The topological polar surface area (TPSA) is 21.3 Å². The average molecular weight is 321 g/mol. The van der Waals surface area contributed by atoms with Crippen molar-refractivity contribution in [3.63, 3.8) is 0 Å². The molecule has 0 unspecified atom stereocenters. The highest BCUT2D eigenvalue weighted by Gasteiger charge is 2.20. The van der Waals surface area contributed by atoms with Gasteiger partial charge < -0.3 is 10.1 Å². The molecule has 76 valence electrons. The molecule has 1 aliphatic rings. The molecule has 0 aliphatic carbocycles. The van der Waals surface area contributed by atoms with Crippen molar-refractivity contribution in [1.82, 2.24) is 5.32 Å². The van der Waals surface area contributed by atoms with E-state index in [1.165, 1.54) is 5.56 Å². The lowest BCUT2D eigenvalue weighted by Crippen LogP contribution is -2.39. The molecule has 0 radical (unpaired) electrons. The Labute approximate surface area is 100 Å². The van der Waals surface area contributed by atoms with Crippen molar-refractivity contribution < 1.29 is 4.74 Å². The van der Waals surface area contributed by atoms with Crippen LogP contribution in [0.25, 0.3) is 0 Å². The number of benzene rings is 1. The van der Waals surface area contributed by atoms with Crippen molar-refractivity contribution in [3.8, 4) is 5.75 Å². The Bertz CT molecular complexity index is 327. The van der Waals surface area contributed by atoms with E-state index in [1.807, 2.05) is 0 Å². The number of ether oxygens (including phenoxy) is 1. The van der Waals surface area contributed by atoms with E-state index in [2.05, 4.69) is 49.3 Å². The molecule has 0 spiro atoms. The van der Waals surface area contributed by atoms with Crippen molar-refractivity contribution in [2.24, 2.45) is 0 Å². The lowest BCUT2D eigenvalue weighted by molar-refractivity contribution is 0.407. The largest absolute Gasteiger partial charge is 0.494 e. The van der Waals surface area contributed by atoms with Crippen molar-refractivity contribution in [1.29, 1.82) is 0 Å². The van der Waals surface area contributed by atoms with Crippen LogP contribution >= 0.6 is 31.9 Å². The maximum Gasteiger partial charge on any atom is 0.147 e. The van der Waals surface area contributed by atoms with E-state index in [-0.39, 0.29) is 0 Å². The Morgan fingerprint density at radius 2 is 1.86 bits per heavy atom.